The summed E-state index contributed by atoms with van der Waals surface area (Å²) in [7, 11) is 0. The minimum absolute atomic E-state index is 0. The highest BCUT2D eigenvalue weighted by Crippen LogP contribution is 2.04. The molecule has 0 amide bonds. The van der Waals surface area contributed by atoms with Crippen molar-refractivity contribution in [3.05, 3.63) is 54.9 Å². The van der Waals surface area contributed by atoms with Crippen LogP contribution in [-0.2, 0) is 0 Å². The van der Waals surface area contributed by atoms with Crippen molar-refractivity contribution in [3.8, 4) is 0 Å². The second-order valence-electron chi connectivity index (χ2n) is 4.63. The van der Waals surface area contributed by atoms with E-state index in [0.717, 1.165) is 0 Å². The van der Waals surface area contributed by atoms with E-state index in [1.807, 2.05) is 0 Å². The molecule has 0 fully saturated rings. The number of hydrogen-bond acceptors (Lipinski definition) is 10. The molecule has 0 unspecified atom stereocenters. The second kappa shape index (κ2) is 12.4. The lowest BCUT2D eigenvalue weighted by Crippen LogP contribution is -2.12. The van der Waals surface area contributed by atoms with Crippen LogP contribution in [0.4, 0.5) is 0 Å². The average Bonchev–Trinajstić information content (AvgIpc) is 2.43. The maximum Gasteiger partial charge on any atom is 0.349 e. The Morgan fingerprint density at radius 2 is 0.929 bits per heavy atom. The molecular weight excluding hydrogens is 456 g/mol. The van der Waals surface area contributed by atoms with Crippen LogP contribution in [0.25, 0.3) is 0 Å². The molecule has 0 aromatic carbocycles. The zero-order valence-electron chi connectivity index (χ0n) is 14.9. The summed E-state index contributed by atoms with van der Waals surface area (Å²) in [6, 6.07) is 0. The third-order valence-corrected chi connectivity index (χ3v) is 2.94. The minimum atomic E-state index is -0.465. The number of aryl methyl sites for hydroxylation is 4. The largest absolute Gasteiger partial charge is 0.870 e. The molecule has 15 heteroatoms. The normalized spacial score (nSPS) is 9.29. The van der Waals surface area contributed by atoms with Crippen molar-refractivity contribution in [2.45, 2.75) is 27.7 Å². The molecule has 0 aliphatic carbocycles. The van der Waals surface area contributed by atoms with Gasteiger partial charge in [0, 0.05) is 0 Å². The molecule has 3 rings (SSSR count). The van der Waals surface area contributed by atoms with E-state index in [2.05, 4.69) is 44.9 Å². The minimum Gasteiger partial charge on any atom is -0.870 e. The molecule has 0 radical (unpaired) electrons. The number of aromatic nitrogens is 9. The number of halogens is 4. The van der Waals surface area contributed by atoms with Crippen LogP contribution in [-0.4, -0.2) is 50.3 Å². The number of H-pyrrole nitrogens is 1. The Bertz CT molecular complexity index is 797. The first kappa shape index (κ1) is 26.0. The van der Waals surface area contributed by atoms with E-state index >= 15 is 0 Å². The van der Waals surface area contributed by atoms with Crippen LogP contribution < -0.4 is 5.69 Å². The molecule has 0 saturated carbocycles. The van der Waals surface area contributed by atoms with Gasteiger partial charge in [-0.1, -0.05) is 0 Å². The molecule has 152 valence electrons. The fraction of sp³-hybridized carbons (Fsp3) is 0.308. The molecule has 0 spiro atoms. The third-order valence-electron chi connectivity index (χ3n) is 2.27. The smallest absolute Gasteiger partial charge is 0.349 e. The summed E-state index contributed by atoms with van der Waals surface area (Å²) >= 11 is 21.6. The SMILES string of the molecule is Cc1nc(C)nc(Cl)n1.Cc1nc(Cl)nc(=O)[nH]1.Cc1nc(Cl)nc(Cl)n1.[OH-]. The summed E-state index contributed by atoms with van der Waals surface area (Å²) in [5.74, 6) is 2.32. The fourth-order valence-electron chi connectivity index (χ4n) is 1.45. The molecule has 0 saturated heterocycles. The Morgan fingerprint density at radius 1 is 0.571 bits per heavy atom. The number of aromatic amines is 1. The fourth-order valence-corrected chi connectivity index (χ4v) is 2.35. The number of nitrogens with one attached hydrogen (secondary N) is 1. The van der Waals surface area contributed by atoms with Gasteiger partial charge in [0.15, 0.2) is 0 Å². The summed E-state index contributed by atoms with van der Waals surface area (Å²) in [5, 5.41) is 0.510. The third kappa shape index (κ3) is 10.9. The van der Waals surface area contributed by atoms with Gasteiger partial charge < -0.3 is 5.48 Å². The van der Waals surface area contributed by atoms with Crippen molar-refractivity contribution in [2.75, 3.05) is 0 Å². The Hall–Kier alpha value is -2.05. The van der Waals surface area contributed by atoms with E-state index in [4.69, 9.17) is 46.4 Å². The van der Waals surface area contributed by atoms with Gasteiger partial charge in [0.05, 0.1) is 0 Å². The van der Waals surface area contributed by atoms with E-state index in [9.17, 15) is 4.79 Å². The molecule has 28 heavy (non-hydrogen) atoms. The summed E-state index contributed by atoms with van der Waals surface area (Å²) in [5.41, 5.74) is -0.465. The summed E-state index contributed by atoms with van der Waals surface area (Å²) in [4.78, 5) is 42.1. The molecule has 0 atom stereocenters. The van der Waals surface area contributed by atoms with Crippen LogP contribution in [0.15, 0.2) is 4.79 Å². The van der Waals surface area contributed by atoms with Gasteiger partial charge in [-0.05, 0) is 74.1 Å². The van der Waals surface area contributed by atoms with E-state index < -0.39 is 5.69 Å². The van der Waals surface area contributed by atoms with E-state index in [1.165, 1.54) is 0 Å². The zero-order valence-corrected chi connectivity index (χ0v) is 18.0. The van der Waals surface area contributed by atoms with Gasteiger partial charge in [0.1, 0.15) is 23.3 Å². The van der Waals surface area contributed by atoms with Crippen molar-refractivity contribution in [1.82, 2.24) is 44.9 Å². The van der Waals surface area contributed by atoms with Gasteiger partial charge in [-0.3, -0.25) is 4.98 Å². The van der Waals surface area contributed by atoms with Crippen molar-refractivity contribution < 1.29 is 5.48 Å². The van der Waals surface area contributed by atoms with Gasteiger partial charge in [-0.25, -0.2) is 34.7 Å². The lowest BCUT2D eigenvalue weighted by Gasteiger charge is -1.92. The second-order valence-corrected chi connectivity index (χ2v) is 5.98. The van der Waals surface area contributed by atoms with Crippen LogP contribution >= 0.6 is 46.4 Å². The van der Waals surface area contributed by atoms with Crippen molar-refractivity contribution in [3.63, 3.8) is 0 Å². The van der Waals surface area contributed by atoms with E-state index in [1.54, 1.807) is 27.7 Å². The van der Waals surface area contributed by atoms with E-state index in [-0.39, 0.29) is 26.6 Å². The van der Waals surface area contributed by atoms with Crippen molar-refractivity contribution >= 4 is 46.4 Å². The number of nitrogens with zero attached hydrogens (tertiary/aromatic N) is 8. The van der Waals surface area contributed by atoms with Crippen LogP contribution in [0.2, 0.25) is 21.1 Å². The Kier molecular flexibility index (Phi) is 11.5. The zero-order chi connectivity index (χ0) is 20.6. The van der Waals surface area contributed by atoms with Gasteiger partial charge in [-0.15, -0.1) is 0 Å². The predicted molar refractivity (Wildman–Crippen MR) is 103 cm³/mol. The molecule has 11 nitrogen and oxygen atoms in total. The molecule has 0 aliphatic heterocycles. The Morgan fingerprint density at radius 3 is 1.25 bits per heavy atom. The number of rotatable bonds is 0. The number of hydrogen-bond donors (Lipinski definition) is 1. The van der Waals surface area contributed by atoms with Crippen LogP contribution in [0, 0.1) is 27.7 Å². The first-order valence-electron chi connectivity index (χ1n) is 7.04. The lowest BCUT2D eigenvalue weighted by atomic mass is 10.6. The Balaban J connectivity index is 0.000000384. The van der Waals surface area contributed by atoms with Crippen molar-refractivity contribution in [1.29, 1.82) is 0 Å². The molecule has 0 aliphatic rings. The summed E-state index contributed by atoms with van der Waals surface area (Å²) in [6.07, 6.45) is 0. The first-order valence-corrected chi connectivity index (χ1v) is 8.55. The Labute approximate surface area is 179 Å². The highest BCUT2D eigenvalue weighted by atomic mass is 35.5. The summed E-state index contributed by atoms with van der Waals surface area (Å²) < 4.78 is 0. The molecule has 0 bridgehead atoms. The molecular formula is C13H14Cl4N9O2-. The van der Waals surface area contributed by atoms with Crippen molar-refractivity contribution in [2.24, 2.45) is 0 Å². The molecule has 3 aromatic heterocycles. The highest BCUT2D eigenvalue weighted by molar-refractivity contribution is 6.31. The average molecular weight is 470 g/mol. The maximum atomic E-state index is 10.4. The van der Waals surface area contributed by atoms with Crippen LogP contribution in [0.1, 0.15) is 23.3 Å². The molecule has 3 aromatic rings. The monoisotopic (exact) mass is 468 g/mol. The standard InChI is InChI=1S/C5H6ClN3.C4H3Cl2N3.C4H4ClN3O.H2O/c1-3-7-4(2)9-5(6)8-3;1-2-7-3(5)9-4(6)8-2;1-2-6-3(5)8-4(9)7-2;/h1-2H3;1H3;1H3,(H,6,7,8,9);1H2/p-1. The quantitative estimate of drug-likeness (QED) is 0.516. The molecule has 2 N–H and O–H groups in total. The summed E-state index contributed by atoms with van der Waals surface area (Å²) in [6.45, 7) is 6.88. The molecule has 3 heterocycles. The highest BCUT2D eigenvalue weighted by Gasteiger charge is 1.96. The first-order chi connectivity index (χ1) is 12.5. The predicted octanol–water partition coefficient (Wildman–Crippen LogP) is 2.58. The van der Waals surface area contributed by atoms with Crippen LogP contribution in [0.3, 0.4) is 0 Å². The van der Waals surface area contributed by atoms with Gasteiger partial charge in [0.25, 0.3) is 0 Å². The topological polar surface area (TPSA) is 166 Å². The lowest BCUT2D eigenvalue weighted by molar-refractivity contribution is 0.824. The van der Waals surface area contributed by atoms with Gasteiger partial charge in [0.2, 0.25) is 21.1 Å². The van der Waals surface area contributed by atoms with E-state index in [0.29, 0.717) is 23.3 Å². The maximum absolute atomic E-state index is 10.4. The van der Waals surface area contributed by atoms with Gasteiger partial charge >= 0.3 is 5.69 Å². The van der Waals surface area contributed by atoms with Gasteiger partial charge in [-0.2, -0.15) is 9.97 Å². The van der Waals surface area contributed by atoms with Crippen LogP contribution in [0.5, 0.6) is 0 Å².